The molecule has 0 fully saturated rings. The quantitative estimate of drug-likeness (QED) is 0.828. The van der Waals surface area contributed by atoms with E-state index in [-0.39, 0.29) is 6.04 Å². The molecular formula is C17H22N4. The standard InChI is InChI=1S/C17H22N4/c1-13-10-14(2)21(20-13)9-5-8-19-15(3)17-7-4-6-16(11-17)12-18/h4,6-7,10-11,15,19H,5,8-9H2,1-3H3. The fourth-order valence-electron chi connectivity index (χ4n) is 2.44. The average molecular weight is 282 g/mol. The van der Waals surface area contributed by atoms with Gasteiger partial charge in [-0.25, -0.2) is 0 Å². The zero-order valence-corrected chi connectivity index (χ0v) is 12.9. The molecular weight excluding hydrogens is 260 g/mol. The van der Waals surface area contributed by atoms with Gasteiger partial charge in [0.1, 0.15) is 0 Å². The maximum atomic E-state index is 8.93. The smallest absolute Gasteiger partial charge is 0.0991 e. The number of hydrogen-bond acceptors (Lipinski definition) is 3. The molecule has 110 valence electrons. The third kappa shape index (κ3) is 4.17. The number of benzene rings is 1. The fourth-order valence-corrected chi connectivity index (χ4v) is 2.44. The molecule has 21 heavy (non-hydrogen) atoms. The van der Waals surface area contributed by atoms with Gasteiger partial charge in [-0.2, -0.15) is 10.4 Å². The summed E-state index contributed by atoms with van der Waals surface area (Å²) in [4.78, 5) is 0. The van der Waals surface area contributed by atoms with E-state index >= 15 is 0 Å². The summed E-state index contributed by atoms with van der Waals surface area (Å²) in [5, 5.41) is 16.9. The SMILES string of the molecule is Cc1cc(C)n(CCCNC(C)c2cccc(C#N)c2)n1. The van der Waals surface area contributed by atoms with Crippen LogP contribution in [0.3, 0.4) is 0 Å². The Morgan fingerprint density at radius 1 is 1.33 bits per heavy atom. The first kappa shape index (κ1) is 15.3. The molecule has 4 heteroatoms. The molecule has 1 unspecified atom stereocenters. The van der Waals surface area contributed by atoms with E-state index < -0.39 is 0 Å². The van der Waals surface area contributed by atoms with Crippen molar-refractivity contribution in [2.75, 3.05) is 6.54 Å². The van der Waals surface area contributed by atoms with Crippen molar-refractivity contribution in [3.63, 3.8) is 0 Å². The van der Waals surface area contributed by atoms with E-state index in [1.54, 1.807) is 0 Å². The van der Waals surface area contributed by atoms with Gasteiger partial charge in [0.25, 0.3) is 0 Å². The number of nitrogens with one attached hydrogen (secondary N) is 1. The summed E-state index contributed by atoms with van der Waals surface area (Å²) in [6.45, 7) is 8.09. The van der Waals surface area contributed by atoms with E-state index in [9.17, 15) is 0 Å². The summed E-state index contributed by atoms with van der Waals surface area (Å²) in [5.41, 5.74) is 4.15. The van der Waals surface area contributed by atoms with Gasteiger partial charge < -0.3 is 5.32 Å². The van der Waals surface area contributed by atoms with Gasteiger partial charge >= 0.3 is 0 Å². The number of aromatic nitrogens is 2. The predicted molar refractivity (Wildman–Crippen MR) is 83.9 cm³/mol. The van der Waals surface area contributed by atoms with Gasteiger partial charge in [0.2, 0.25) is 0 Å². The molecule has 0 amide bonds. The average Bonchev–Trinajstić information content (AvgIpc) is 2.81. The van der Waals surface area contributed by atoms with Crippen molar-refractivity contribution in [1.29, 1.82) is 5.26 Å². The third-order valence-electron chi connectivity index (χ3n) is 3.62. The Bertz CT molecular complexity index is 636. The summed E-state index contributed by atoms with van der Waals surface area (Å²) in [6.07, 6.45) is 1.03. The van der Waals surface area contributed by atoms with Crippen LogP contribution in [0.15, 0.2) is 30.3 Å². The van der Waals surface area contributed by atoms with Crippen LogP contribution >= 0.6 is 0 Å². The van der Waals surface area contributed by atoms with Crippen LogP contribution in [0.4, 0.5) is 0 Å². The van der Waals surface area contributed by atoms with Crippen LogP contribution in [-0.2, 0) is 6.54 Å². The fraction of sp³-hybridized carbons (Fsp3) is 0.412. The van der Waals surface area contributed by atoms with E-state index in [0.29, 0.717) is 5.56 Å². The first-order chi connectivity index (χ1) is 10.1. The predicted octanol–water partition coefficient (Wildman–Crippen LogP) is 3.11. The number of nitrogens with zero attached hydrogens (tertiary/aromatic N) is 3. The molecule has 2 rings (SSSR count). The van der Waals surface area contributed by atoms with E-state index in [1.807, 2.05) is 25.1 Å². The molecule has 2 aromatic rings. The zero-order valence-electron chi connectivity index (χ0n) is 12.9. The minimum Gasteiger partial charge on any atom is -0.310 e. The third-order valence-corrected chi connectivity index (χ3v) is 3.62. The van der Waals surface area contributed by atoms with Crippen LogP contribution in [0, 0.1) is 25.2 Å². The van der Waals surface area contributed by atoms with E-state index in [0.717, 1.165) is 30.8 Å². The normalized spacial score (nSPS) is 12.1. The maximum absolute atomic E-state index is 8.93. The van der Waals surface area contributed by atoms with Gasteiger partial charge in [-0.3, -0.25) is 4.68 Å². The second-order valence-corrected chi connectivity index (χ2v) is 5.42. The summed E-state index contributed by atoms with van der Waals surface area (Å²) in [5.74, 6) is 0. The molecule has 0 saturated heterocycles. The second-order valence-electron chi connectivity index (χ2n) is 5.42. The largest absolute Gasteiger partial charge is 0.310 e. The highest BCUT2D eigenvalue weighted by Crippen LogP contribution is 2.13. The van der Waals surface area contributed by atoms with Crippen LogP contribution in [0.1, 0.15) is 41.9 Å². The molecule has 4 nitrogen and oxygen atoms in total. The number of nitriles is 1. The van der Waals surface area contributed by atoms with E-state index in [1.165, 1.54) is 5.69 Å². The molecule has 0 saturated carbocycles. The Morgan fingerprint density at radius 3 is 2.81 bits per heavy atom. The van der Waals surface area contributed by atoms with Crippen molar-refractivity contribution in [1.82, 2.24) is 15.1 Å². The molecule has 1 aromatic heterocycles. The molecule has 1 atom stereocenters. The van der Waals surface area contributed by atoms with Crippen molar-refractivity contribution in [2.24, 2.45) is 0 Å². The molecule has 1 heterocycles. The van der Waals surface area contributed by atoms with Crippen LogP contribution < -0.4 is 5.32 Å². The summed E-state index contributed by atoms with van der Waals surface area (Å²) < 4.78 is 2.05. The molecule has 0 aliphatic heterocycles. The lowest BCUT2D eigenvalue weighted by molar-refractivity contribution is 0.500. The summed E-state index contributed by atoms with van der Waals surface area (Å²) in [6, 6.07) is 12.3. The van der Waals surface area contributed by atoms with Crippen LogP contribution in [0.25, 0.3) is 0 Å². The Morgan fingerprint density at radius 2 is 2.14 bits per heavy atom. The van der Waals surface area contributed by atoms with Gasteiger partial charge in [0.05, 0.1) is 17.3 Å². The highest BCUT2D eigenvalue weighted by atomic mass is 15.3. The van der Waals surface area contributed by atoms with Gasteiger partial charge in [0.15, 0.2) is 0 Å². The Balaban J connectivity index is 1.80. The monoisotopic (exact) mass is 282 g/mol. The zero-order chi connectivity index (χ0) is 15.2. The van der Waals surface area contributed by atoms with E-state index in [2.05, 4.69) is 47.1 Å². The minimum absolute atomic E-state index is 0.249. The van der Waals surface area contributed by atoms with Crippen molar-refractivity contribution in [3.8, 4) is 6.07 Å². The van der Waals surface area contributed by atoms with Gasteiger partial charge in [-0.15, -0.1) is 0 Å². The molecule has 1 aromatic carbocycles. The number of rotatable bonds is 6. The molecule has 0 aliphatic rings. The number of aryl methyl sites for hydroxylation is 3. The van der Waals surface area contributed by atoms with E-state index in [4.69, 9.17) is 5.26 Å². The Kier molecular flexibility index (Phi) is 5.13. The molecule has 0 spiro atoms. The Hall–Kier alpha value is -2.12. The van der Waals surface area contributed by atoms with Crippen LogP contribution in [0.2, 0.25) is 0 Å². The molecule has 0 aliphatic carbocycles. The van der Waals surface area contributed by atoms with Gasteiger partial charge in [0, 0.05) is 18.3 Å². The summed E-state index contributed by atoms with van der Waals surface area (Å²) in [7, 11) is 0. The lowest BCUT2D eigenvalue weighted by Crippen LogP contribution is -2.21. The minimum atomic E-state index is 0.249. The van der Waals surface area contributed by atoms with Gasteiger partial charge in [-0.05, 0) is 57.5 Å². The van der Waals surface area contributed by atoms with Crippen LogP contribution in [-0.4, -0.2) is 16.3 Å². The summed E-state index contributed by atoms with van der Waals surface area (Å²) >= 11 is 0. The second kappa shape index (κ2) is 7.05. The lowest BCUT2D eigenvalue weighted by Gasteiger charge is -2.14. The van der Waals surface area contributed by atoms with Crippen molar-refractivity contribution in [3.05, 3.63) is 52.8 Å². The van der Waals surface area contributed by atoms with Crippen molar-refractivity contribution < 1.29 is 0 Å². The lowest BCUT2D eigenvalue weighted by atomic mass is 10.1. The van der Waals surface area contributed by atoms with Gasteiger partial charge in [-0.1, -0.05) is 12.1 Å². The first-order valence-corrected chi connectivity index (χ1v) is 7.34. The maximum Gasteiger partial charge on any atom is 0.0991 e. The highest BCUT2D eigenvalue weighted by molar-refractivity contribution is 5.33. The molecule has 0 bridgehead atoms. The first-order valence-electron chi connectivity index (χ1n) is 7.34. The topological polar surface area (TPSA) is 53.6 Å². The highest BCUT2D eigenvalue weighted by Gasteiger charge is 2.05. The molecule has 0 radical (unpaired) electrons. The van der Waals surface area contributed by atoms with Crippen LogP contribution in [0.5, 0.6) is 0 Å². The molecule has 1 N–H and O–H groups in total. The number of hydrogen-bond donors (Lipinski definition) is 1. The van der Waals surface area contributed by atoms with Crippen molar-refractivity contribution in [2.45, 2.75) is 39.8 Å². The Labute approximate surface area is 126 Å². The van der Waals surface area contributed by atoms with Crippen molar-refractivity contribution >= 4 is 0 Å².